The molecule has 0 radical (unpaired) electrons. The summed E-state index contributed by atoms with van der Waals surface area (Å²) < 4.78 is 6.42. The Hall–Kier alpha value is -1.78. The largest absolute Gasteiger partial charge is 0.478 e. The second-order valence-electron chi connectivity index (χ2n) is 3.91. The Kier molecular flexibility index (Phi) is 4.82. The van der Waals surface area contributed by atoms with E-state index >= 15 is 0 Å². The van der Waals surface area contributed by atoms with Gasteiger partial charge in [0.1, 0.15) is 11.5 Å². The smallest absolute Gasteiger partial charge is 0.328 e. The van der Waals surface area contributed by atoms with Gasteiger partial charge < -0.3 is 9.84 Å². The van der Waals surface area contributed by atoms with Crippen LogP contribution in [-0.4, -0.2) is 11.1 Å². The number of aliphatic carboxylic acids is 1. The van der Waals surface area contributed by atoms with Crippen molar-refractivity contribution in [3.8, 4) is 11.5 Å². The molecule has 3 nitrogen and oxygen atoms in total. The summed E-state index contributed by atoms with van der Waals surface area (Å²) >= 11 is 9.18. The summed E-state index contributed by atoms with van der Waals surface area (Å²) in [5.74, 6) is 0.334. The van der Waals surface area contributed by atoms with Crippen LogP contribution in [0, 0.1) is 0 Å². The molecule has 0 saturated heterocycles. The van der Waals surface area contributed by atoms with Crippen molar-refractivity contribution in [3.63, 3.8) is 0 Å². The maximum absolute atomic E-state index is 10.5. The van der Waals surface area contributed by atoms with Gasteiger partial charge in [-0.2, -0.15) is 0 Å². The minimum Gasteiger partial charge on any atom is -0.478 e. The average molecular weight is 354 g/mol. The van der Waals surface area contributed by atoms with Gasteiger partial charge in [-0.3, -0.25) is 0 Å². The predicted molar refractivity (Wildman–Crippen MR) is 82.3 cm³/mol. The zero-order valence-electron chi connectivity index (χ0n) is 10.2. The number of ether oxygens (including phenoxy) is 1. The molecule has 0 aliphatic heterocycles. The van der Waals surface area contributed by atoms with E-state index in [1.54, 1.807) is 42.5 Å². The number of carbonyl (C=O) groups is 1. The van der Waals surface area contributed by atoms with Gasteiger partial charge in [0.05, 0.1) is 0 Å². The fourth-order valence-corrected chi connectivity index (χ4v) is 2.12. The van der Waals surface area contributed by atoms with Gasteiger partial charge in [0.15, 0.2) is 0 Å². The summed E-state index contributed by atoms with van der Waals surface area (Å²) in [6, 6.07) is 12.3. The number of carboxylic acid groups (broad SMARTS) is 1. The van der Waals surface area contributed by atoms with Gasteiger partial charge in [-0.15, -0.1) is 0 Å². The zero-order chi connectivity index (χ0) is 14.5. The summed E-state index contributed by atoms with van der Waals surface area (Å²) in [4.78, 5) is 10.5. The molecule has 1 N–H and O–H groups in total. The van der Waals surface area contributed by atoms with Crippen molar-refractivity contribution < 1.29 is 14.6 Å². The van der Waals surface area contributed by atoms with E-state index in [4.69, 9.17) is 21.4 Å². The summed E-state index contributed by atoms with van der Waals surface area (Å²) in [5, 5.41) is 9.25. The molecule has 2 aromatic rings. The van der Waals surface area contributed by atoms with Crippen LogP contribution >= 0.6 is 27.5 Å². The number of halogens is 2. The van der Waals surface area contributed by atoms with Crippen molar-refractivity contribution in [1.29, 1.82) is 0 Å². The maximum atomic E-state index is 10.5. The van der Waals surface area contributed by atoms with Gasteiger partial charge in [0.25, 0.3) is 0 Å². The van der Waals surface area contributed by atoms with Crippen molar-refractivity contribution in [2.24, 2.45) is 0 Å². The Labute approximate surface area is 129 Å². The van der Waals surface area contributed by atoms with E-state index in [1.807, 2.05) is 0 Å². The molecule has 0 unspecified atom stereocenters. The Morgan fingerprint density at radius 1 is 1.15 bits per heavy atom. The third-order valence-corrected chi connectivity index (χ3v) is 3.37. The van der Waals surface area contributed by atoms with Crippen LogP contribution in [0.25, 0.3) is 6.08 Å². The molecule has 2 aromatic carbocycles. The predicted octanol–water partition coefficient (Wildman–Crippen LogP) is 4.99. The highest BCUT2D eigenvalue weighted by molar-refractivity contribution is 9.10. The molecular weight excluding hydrogens is 344 g/mol. The van der Waals surface area contributed by atoms with E-state index in [0.717, 1.165) is 16.1 Å². The first-order valence-corrected chi connectivity index (χ1v) is 6.85. The molecule has 0 fully saturated rings. The monoisotopic (exact) mass is 352 g/mol. The quantitative estimate of drug-likeness (QED) is 0.787. The van der Waals surface area contributed by atoms with Crippen molar-refractivity contribution in [3.05, 3.63) is 63.6 Å². The molecule has 0 aliphatic rings. The molecule has 0 amide bonds. The third-order valence-electron chi connectivity index (χ3n) is 2.43. The number of hydrogen-bond donors (Lipinski definition) is 1. The minimum absolute atomic E-state index is 0.645. The Morgan fingerprint density at radius 2 is 1.80 bits per heavy atom. The van der Waals surface area contributed by atoms with Crippen LogP contribution in [0.2, 0.25) is 5.02 Å². The highest BCUT2D eigenvalue weighted by Gasteiger charge is 2.02. The van der Waals surface area contributed by atoms with E-state index in [2.05, 4.69) is 15.9 Å². The van der Waals surface area contributed by atoms with Gasteiger partial charge in [-0.05, 0) is 48.0 Å². The van der Waals surface area contributed by atoms with E-state index < -0.39 is 5.97 Å². The first-order chi connectivity index (χ1) is 9.54. The van der Waals surface area contributed by atoms with Crippen LogP contribution < -0.4 is 4.74 Å². The SMILES string of the molecule is O=C(O)/C=C/c1ccc(Oc2ccc(Cl)cc2)cc1Br. The van der Waals surface area contributed by atoms with E-state index in [0.29, 0.717) is 16.5 Å². The van der Waals surface area contributed by atoms with Gasteiger partial charge in [0.2, 0.25) is 0 Å². The van der Waals surface area contributed by atoms with Gasteiger partial charge in [-0.1, -0.05) is 33.6 Å². The Bertz CT molecular complexity index is 651. The lowest BCUT2D eigenvalue weighted by Crippen LogP contribution is -1.87. The zero-order valence-corrected chi connectivity index (χ0v) is 12.6. The van der Waals surface area contributed by atoms with Crippen molar-refractivity contribution in [1.82, 2.24) is 0 Å². The molecule has 2 rings (SSSR count). The Morgan fingerprint density at radius 3 is 2.40 bits per heavy atom. The summed E-state index contributed by atoms with van der Waals surface area (Å²) in [6.45, 7) is 0. The first-order valence-electron chi connectivity index (χ1n) is 5.68. The van der Waals surface area contributed by atoms with E-state index in [-0.39, 0.29) is 0 Å². The van der Waals surface area contributed by atoms with Crippen molar-refractivity contribution in [2.75, 3.05) is 0 Å². The molecular formula is C15H10BrClO3. The maximum Gasteiger partial charge on any atom is 0.328 e. The second kappa shape index (κ2) is 6.59. The fraction of sp³-hybridized carbons (Fsp3) is 0. The van der Waals surface area contributed by atoms with Gasteiger partial charge in [-0.25, -0.2) is 4.79 Å². The molecule has 0 atom stereocenters. The van der Waals surface area contributed by atoms with Crippen LogP contribution in [0.3, 0.4) is 0 Å². The molecule has 0 saturated carbocycles. The van der Waals surface area contributed by atoms with Crippen LogP contribution in [-0.2, 0) is 4.79 Å². The standard InChI is InChI=1S/C15H10BrClO3/c16-14-9-13(5-1-10(14)2-8-15(18)19)20-12-6-3-11(17)4-7-12/h1-9H,(H,18,19)/b8-2+. The molecule has 0 bridgehead atoms. The van der Waals surface area contributed by atoms with Crippen LogP contribution in [0.1, 0.15) is 5.56 Å². The summed E-state index contributed by atoms with van der Waals surface area (Å²) in [6.07, 6.45) is 2.60. The molecule has 0 spiro atoms. The van der Waals surface area contributed by atoms with Gasteiger partial charge >= 0.3 is 5.97 Å². The number of hydrogen-bond acceptors (Lipinski definition) is 2. The first kappa shape index (κ1) is 14.6. The summed E-state index contributed by atoms with van der Waals surface area (Å²) in [5.41, 5.74) is 0.760. The van der Waals surface area contributed by atoms with Gasteiger partial charge in [0, 0.05) is 15.6 Å². The lowest BCUT2D eigenvalue weighted by Gasteiger charge is -2.07. The van der Waals surface area contributed by atoms with E-state index in [1.165, 1.54) is 6.08 Å². The number of rotatable bonds is 4. The molecule has 0 heterocycles. The Balaban J connectivity index is 2.16. The van der Waals surface area contributed by atoms with Crippen LogP contribution in [0.15, 0.2) is 53.0 Å². The molecule has 5 heteroatoms. The number of carboxylic acids is 1. The number of benzene rings is 2. The average Bonchev–Trinajstić information content (AvgIpc) is 2.40. The minimum atomic E-state index is -0.988. The second-order valence-corrected chi connectivity index (χ2v) is 5.20. The van der Waals surface area contributed by atoms with Crippen LogP contribution in [0.5, 0.6) is 11.5 Å². The van der Waals surface area contributed by atoms with E-state index in [9.17, 15) is 4.79 Å². The fourth-order valence-electron chi connectivity index (χ4n) is 1.51. The third kappa shape index (κ3) is 4.11. The normalized spacial score (nSPS) is 10.7. The molecule has 102 valence electrons. The summed E-state index contributed by atoms with van der Waals surface area (Å²) in [7, 11) is 0. The highest BCUT2D eigenvalue weighted by atomic mass is 79.9. The molecule has 0 aliphatic carbocycles. The molecule has 20 heavy (non-hydrogen) atoms. The lowest BCUT2D eigenvalue weighted by molar-refractivity contribution is -0.131. The topological polar surface area (TPSA) is 46.5 Å². The van der Waals surface area contributed by atoms with Crippen molar-refractivity contribution in [2.45, 2.75) is 0 Å². The van der Waals surface area contributed by atoms with Crippen molar-refractivity contribution >= 4 is 39.6 Å². The lowest BCUT2D eigenvalue weighted by atomic mass is 10.2. The highest BCUT2D eigenvalue weighted by Crippen LogP contribution is 2.28. The van der Waals surface area contributed by atoms with Crippen LogP contribution in [0.4, 0.5) is 0 Å². The molecule has 0 aromatic heterocycles.